The molecular formula is C17H20N4O2S. The van der Waals surface area contributed by atoms with E-state index in [4.69, 9.17) is 0 Å². The summed E-state index contributed by atoms with van der Waals surface area (Å²) in [4.78, 5) is 33.5. The van der Waals surface area contributed by atoms with Crippen LogP contribution in [0.2, 0.25) is 0 Å². The first kappa shape index (κ1) is 16.7. The number of aryl methyl sites for hydroxylation is 1. The lowest BCUT2D eigenvalue weighted by molar-refractivity contribution is -0.125. The molecule has 1 aliphatic rings. The van der Waals surface area contributed by atoms with Crippen molar-refractivity contribution in [3.63, 3.8) is 0 Å². The Labute approximate surface area is 144 Å². The SMILES string of the molecule is CCc1c(C)nc2n(c1=O)CC(C(=O)NCc1ccncc1)CS2. The summed E-state index contributed by atoms with van der Waals surface area (Å²) in [6, 6.07) is 3.74. The lowest BCUT2D eigenvalue weighted by Gasteiger charge is -2.25. The van der Waals surface area contributed by atoms with Gasteiger partial charge in [-0.3, -0.25) is 19.1 Å². The third kappa shape index (κ3) is 3.36. The molecule has 1 N–H and O–H groups in total. The molecule has 126 valence electrons. The molecule has 2 aromatic heterocycles. The van der Waals surface area contributed by atoms with Crippen LogP contribution in [0.3, 0.4) is 0 Å². The number of thioether (sulfide) groups is 1. The number of carbonyl (C=O) groups excluding carboxylic acids is 1. The van der Waals surface area contributed by atoms with Crippen LogP contribution in [0.5, 0.6) is 0 Å². The van der Waals surface area contributed by atoms with Gasteiger partial charge in [0.15, 0.2) is 5.16 Å². The van der Waals surface area contributed by atoms with Gasteiger partial charge < -0.3 is 5.32 Å². The maximum atomic E-state index is 12.6. The van der Waals surface area contributed by atoms with E-state index in [-0.39, 0.29) is 17.4 Å². The molecule has 0 aliphatic carbocycles. The molecule has 2 aromatic rings. The number of rotatable bonds is 4. The lowest BCUT2D eigenvalue weighted by Crippen LogP contribution is -2.40. The van der Waals surface area contributed by atoms with E-state index >= 15 is 0 Å². The van der Waals surface area contributed by atoms with E-state index in [1.54, 1.807) is 17.0 Å². The van der Waals surface area contributed by atoms with Gasteiger partial charge in [0.2, 0.25) is 5.91 Å². The Hall–Kier alpha value is -2.15. The highest BCUT2D eigenvalue weighted by Crippen LogP contribution is 2.26. The molecule has 1 amide bonds. The molecule has 0 bridgehead atoms. The number of fused-ring (bicyclic) bond motifs is 1. The van der Waals surface area contributed by atoms with Crippen molar-refractivity contribution in [1.29, 1.82) is 0 Å². The third-order valence-electron chi connectivity index (χ3n) is 4.19. The molecule has 0 aromatic carbocycles. The summed E-state index contributed by atoms with van der Waals surface area (Å²) in [5.41, 5.74) is 2.52. The van der Waals surface area contributed by atoms with E-state index in [1.807, 2.05) is 26.0 Å². The van der Waals surface area contributed by atoms with Gasteiger partial charge in [0.05, 0.1) is 5.92 Å². The summed E-state index contributed by atoms with van der Waals surface area (Å²) in [7, 11) is 0. The first-order valence-electron chi connectivity index (χ1n) is 8.00. The van der Waals surface area contributed by atoms with Crippen molar-refractivity contribution in [2.24, 2.45) is 5.92 Å². The van der Waals surface area contributed by atoms with E-state index in [1.165, 1.54) is 11.8 Å². The maximum absolute atomic E-state index is 12.6. The molecule has 24 heavy (non-hydrogen) atoms. The van der Waals surface area contributed by atoms with Gasteiger partial charge in [-0.15, -0.1) is 0 Å². The van der Waals surface area contributed by atoms with Crippen molar-refractivity contribution in [3.8, 4) is 0 Å². The number of hydrogen-bond acceptors (Lipinski definition) is 5. The van der Waals surface area contributed by atoms with Crippen LogP contribution >= 0.6 is 11.8 Å². The Bertz CT molecular complexity index is 804. The average molecular weight is 344 g/mol. The minimum atomic E-state index is -0.226. The molecule has 6 nitrogen and oxygen atoms in total. The highest BCUT2D eigenvalue weighted by Gasteiger charge is 2.27. The number of nitrogens with zero attached hydrogens (tertiary/aromatic N) is 3. The fourth-order valence-electron chi connectivity index (χ4n) is 2.80. The monoisotopic (exact) mass is 344 g/mol. The zero-order valence-corrected chi connectivity index (χ0v) is 14.6. The van der Waals surface area contributed by atoms with Crippen molar-refractivity contribution in [2.45, 2.75) is 38.5 Å². The molecule has 3 rings (SSSR count). The van der Waals surface area contributed by atoms with E-state index in [2.05, 4.69) is 15.3 Å². The first-order valence-corrected chi connectivity index (χ1v) is 8.98. The fraction of sp³-hybridized carbons (Fsp3) is 0.412. The molecule has 0 fully saturated rings. The second-order valence-corrected chi connectivity index (χ2v) is 6.80. The van der Waals surface area contributed by atoms with Gasteiger partial charge in [0, 0.05) is 42.5 Å². The van der Waals surface area contributed by atoms with Gasteiger partial charge in [0.1, 0.15) is 0 Å². The lowest BCUT2D eigenvalue weighted by atomic mass is 10.1. The molecule has 0 radical (unpaired) electrons. The summed E-state index contributed by atoms with van der Waals surface area (Å²) in [5, 5.41) is 3.66. The second-order valence-electron chi connectivity index (χ2n) is 5.81. The molecule has 3 heterocycles. The van der Waals surface area contributed by atoms with E-state index < -0.39 is 0 Å². The maximum Gasteiger partial charge on any atom is 0.257 e. The topological polar surface area (TPSA) is 76.9 Å². The standard InChI is InChI=1S/C17H20N4O2S/c1-3-14-11(2)20-17-21(16(14)23)9-13(10-24-17)15(22)19-8-12-4-6-18-7-5-12/h4-7,13H,3,8-10H2,1-2H3,(H,19,22). The summed E-state index contributed by atoms with van der Waals surface area (Å²) in [5.74, 6) is 0.381. The Morgan fingerprint density at radius 2 is 2.17 bits per heavy atom. The van der Waals surface area contributed by atoms with Gasteiger partial charge in [-0.2, -0.15) is 0 Å². The van der Waals surface area contributed by atoms with E-state index in [0.29, 0.717) is 30.4 Å². The second kappa shape index (κ2) is 7.17. The molecule has 1 atom stereocenters. The van der Waals surface area contributed by atoms with Crippen LogP contribution in [0.25, 0.3) is 0 Å². The Morgan fingerprint density at radius 1 is 1.42 bits per heavy atom. The zero-order valence-electron chi connectivity index (χ0n) is 13.8. The number of hydrogen-bond donors (Lipinski definition) is 1. The van der Waals surface area contributed by atoms with Gasteiger partial charge in [-0.1, -0.05) is 18.7 Å². The van der Waals surface area contributed by atoms with Crippen LogP contribution in [-0.2, 0) is 24.3 Å². The quantitative estimate of drug-likeness (QED) is 0.852. The Kier molecular flexibility index (Phi) is 4.99. The van der Waals surface area contributed by atoms with Crippen LogP contribution in [0.4, 0.5) is 0 Å². The minimum Gasteiger partial charge on any atom is -0.352 e. The van der Waals surface area contributed by atoms with Crippen molar-refractivity contribution >= 4 is 17.7 Å². The minimum absolute atomic E-state index is 0.0147. The van der Waals surface area contributed by atoms with Gasteiger partial charge in [0.25, 0.3) is 5.56 Å². The van der Waals surface area contributed by atoms with Gasteiger partial charge in [-0.05, 0) is 31.0 Å². The Morgan fingerprint density at radius 3 is 2.88 bits per heavy atom. The highest BCUT2D eigenvalue weighted by molar-refractivity contribution is 7.99. The smallest absolute Gasteiger partial charge is 0.257 e. The fourth-order valence-corrected chi connectivity index (χ4v) is 3.92. The normalized spacial score (nSPS) is 16.5. The van der Waals surface area contributed by atoms with Crippen LogP contribution in [0, 0.1) is 12.8 Å². The predicted octanol–water partition coefficient (Wildman–Crippen LogP) is 1.55. The van der Waals surface area contributed by atoms with Crippen LogP contribution in [-0.4, -0.2) is 26.2 Å². The number of nitrogens with one attached hydrogen (secondary N) is 1. The molecule has 0 saturated heterocycles. The molecule has 0 saturated carbocycles. The zero-order chi connectivity index (χ0) is 17.1. The highest BCUT2D eigenvalue weighted by atomic mass is 32.2. The van der Waals surface area contributed by atoms with Crippen LogP contribution in [0.1, 0.15) is 23.7 Å². The molecular weight excluding hydrogens is 324 g/mol. The summed E-state index contributed by atoms with van der Waals surface area (Å²) in [6.07, 6.45) is 4.06. The summed E-state index contributed by atoms with van der Waals surface area (Å²) in [6.45, 7) is 4.68. The molecule has 1 unspecified atom stereocenters. The number of pyridine rings is 1. The van der Waals surface area contributed by atoms with Gasteiger partial charge >= 0.3 is 0 Å². The third-order valence-corrected chi connectivity index (χ3v) is 5.33. The largest absolute Gasteiger partial charge is 0.352 e. The summed E-state index contributed by atoms with van der Waals surface area (Å²) >= 11 is 1.48. The van der Waals surface area contributed by atoms with Gasteiger partial charge in [-0.25, -0.2) is 4.98 Å². The molecule has 1 aliphatic heterocycles. The van der Waals surface area contributed by atoms with E-state index in [0.717, 1.165) is 16.8 Å². The average Bonchev–Trinajstić information content (AvgIpc) is 2.60. The number of amides is 1. The van der Waals surface area contributed by atoms with Crippen molar-refractivity contribution < 1.29 is 4.79 Å². The van der Waals surface area contributed by atoms with E-state index in [9.17, 15) is 9.59 Å². The van der Waals surface area contributed by atoms with Crippen molar-refractivity contribution in [1.82, 2.24) is 19.9 Å². The molecule has 7 heteroatoms. The number of aromatic nitrogens is 3. The molecule has 0 spiro atoms. The van der Waals surface area contributed by atoms with Crippen molar-refractivity contribution in [2.75, 3.05) is 5.75 Å². The van der Waals surface area contributed by atoms with Crippen LogP contribution in [0.15, 0.2) is 34.5 Å². The predicted molar refractivity (Wildman–Crippen MR) is 92.9 cm³/mol. The van der Waals surface area contributed by atoms with Crippen LogP contribution < -0.4 is 10.9 Å². The number of carbonyl (C=O) groups is 1. The first-order chi connectivity index (χ1) is 11.6. The Balaban J connectivity index is 1.72. The summed E-state index contributed by atoms with van der Waals surface area (Å²) < 4.78 is 1.65. The van der Waals surface area contributed by atoms with Crippen molar-refractivity contribution in [3.05, 3.63) is 51.7 Å².